The Morgan fingerprint density at radius 3 is 2.71 bits per heavy atom. The number of rotatable bonds is 3. The first-order valence-corrected chi connectivity index (χ1v) is 7.53. The van der Waals surface area contributed by atoms with Crippen molar-refractivity contribution in [2.45, 2.75) is 0 Å². The van der Waals surface area contributed by atoms with Crippen molar-refractivity contribution in [3.8, 4) is 0 Å². The molecule has 2 heterocycles. The average Bonchev–Trinajstić information content (AvgIpc) is 2.59. The third kappa shape index (κ3) is 3.13. The lowest BCUT2D eigenvalue weighted by atomic mass is 10.2. The molecule has 24 heavy (non-hydrogen) atoms. The van der Waals surface area contributed by atoms with Crippen molar-refractivity contribution in [2.75, 3.05) is 36.5 Å². The van der Waals surface area contributed by atoms with E-state index < -0.39 is 11.7 Å². The van der Waals surface area contributed by atoms with Gasteiger partial charge in [-0.2, -0.15) is 5.10 Å². The smallest absolute Gasteiger partial charge is 0.292 e. The van der Waals surface area contributed by atoms with E-state index in [1.165, 1.54) is 36.1 Å². The van der Waals surface area contributed by atoms with Gasteiger partial charge in [-0.1, -0.05) is 12.1 Å². The normalized spacial score (nSPS) is 14.5. The summed E-state index contributed by atoms with van der Waals surface area (Å²) in [5.74, 6) is -1.25. The van der Waals surface area contributed by atoms with Crippen LogP contribution in [0.3, 0.4) is 0 Å². The number of hydrogen-bond acceptors (Lipinski definition) is 5. The molecule has 0 saturated carbocycles. The Labute approximate surface area is 137 Å². The summed E-state index contributed by atoms with van der Waals surface area (Å²) in [7, 11) is 1.54. The second-order valence-corrected chi connectivity index (χ2v) is 5.37. The highest BCUT2D eigenvalue weighted by Gasteiger charge is 2.22. The van der Waals surface area contributed by atoms with Crippen molar-refractivity contribution in [2.24, 2.45) is 7.05 Å². The number of nitrogens with one attached hydrogen (secondary N) is 1. The van der Waals surface area contributed by atoms with Gasteiger partial charge in [0.1, 0.15) is 11.5 Å². The number of morpholine rings is 1. The Balaban J connectivity index is 1.96. The maximum Gasteiger partial charge on any atom is 0.292 e. The van der Waals surface area contributed by atoms with E-state index in [9.17, 15) is 14.0 Å². The van der Waals surface area contributed by atoms with Crippen molar-refractivity contribution in [1.82, 2.24) is 9.78 Å². The summed E-state index contributed by atoms with van der Waals surface area (Å²) in [6, 6.07) is 5.67. The summed E-state index contributed by atoms with van der Waals surface area (Å²) in [6.45, 7) is 2.04. The molecule has 1 amide bonds. The topological polar surface area (TPSA) is 76.5 Å². The van der Waals surface area contributed by atoms with Crippen LogP contribution >= 0.6 is 0 Å². The zero-order valence-electron chi connectivity index (χ0n) is 13.2. The van der Waals surface area contributed by atoms with Crippen LogP contribution in [0.1, 0.15) is 10.4 Å². The van der Waals surface area contributed by atoms with Crippen molar-refractivity contribution < 1.29 is 13.9 Å². The minimum Gasteiger partial charge on any atom is -0.378 e. The fourth-order valence-electron chi connectivity index (χ4n) is 2.55. The van der Waals surface area contributed by atoms with Crippen LogP contribution in [-0.2, 0) is 11.8 Å². The number of aryl methyl sites for hydroxylation is 1. The van der Waals surface area contributed by atoms with Crippen molar-refractivity contribution in [1.29, 1.82) is 0 Å². The second-order valence-electron chi connectivity index (χ2n) is 5.37. The van der Waals surface area contributed by atoms with E-state index in [4.69, 9.17) is 4.74 Å². The fourth-order valence-corrected chi connectivity index (χ4v) is 2.55. The number of nitrogens with zero attached hydrogens (tertiary/aromatic N) is 3. The van der Waals surface area contributed by atoms with Crippen molar-refractivity contribution in [3.63, 3.8) is 0 Å². The standard InChI is InChI=1S/C16H17FN4O3/c1-20-16(23)14(21-6-8-24-9-7-21)13(10-18-20)19-15(22)11-4-2-3-5-12(11)17/h2-5,10H,6-9H2,1H3,(H,19,22). The second kappa shape index (κ2) is 6.79. The van der Waals surface area contributed by atoms with E-state index in [1.807, 2.05) is 4.90 Å². The van der Waals surface area contributed by atoms with Crippen molar-refractivity contribution >= 4 is 17.3 Å². The average molecular weight is 332 g/mol. The molecule has 1 aliphatic rings. The van der Waals surface area contributed by atoms with E-state index in [0.29, 0.717) is 32.0 Å². The van der Waals surface area contributed by atoms with Gasteiger partial charge < -0.3 is 15.0 Å². The minimum atomic E-state index is -0.627. The Morgan fingerprint density at radius 1 is 1.29 bits per heavy atom. The molecule has 0 spiro atoms. The molecule has 2 aromatic rings. The Bertz CT molecular complexity index is 815. The molecule has 1 aromatic carbocycles. The van der Waals surface area contributed by atoms with Crippen LogP contribution in [0.2, 0.25) is 0 Å². The Morgan fingerprint density at radius 2 is 2.00 bits per heavy atom. The van der Waals surface area contributed by atoms with Gasteiger partial charge in [0.05, 0.1) is 30.7 Å². The maximum absolute atomic E-state index is 13.8. The molecular weight excluding hydrogens is 315 g/mol. The van der Waals surface area contributed by atoms with Crippen LogP contribution in [0, 0.1) is 5.82 Å². The molecule has 0 unspecified atom stereocenters. The molecule has 1 N–H and O–H groups in total. The van der Waals surface area contributed by atoms with Gasteiger partial charge in [-0.05, 0) is 12.1 Å². The molecule has 126 valence electrons. The number of aromatic nitrogens is 2. The monoisotopic (exact) mass is 332 g/mol. The first kappa shape index (κ1) is 16.1. The van der Waals surface area contributed by atoms with E-state index in [1.54, 1.807) is 6.07 Å². The summed E-state index contributed by atoms with van der Waals surface area (Å²) in [4.78, 5) is 26.6. The van der Waals surface area contributed by atoms with E-state index in [2.05, 4.69) is 10.4 Å². The van der Waals surface area contributed by atoms with Gasteiger partial charge in [-0.25, -0.2) is 9.07 Å². The predicted octanol–water partition coefficient (Wildman–Crippen LogP) is 1.01. The summed E-state index contributed by atoms with van der Waals surface area (Å²) >= 11 is 0. The minimum absolute atomic E-state index is 0.0916. The lowest BCUT2D eigenvalue weighted by Crippen LogP contribution is -2.41. The maximum atomic E-state index is 13.8. The Hall–Kier alpha value is -2.74. The summed E-state index contributed by atoms with van der Waals surface area (Å²) < 4.78 is 20.3. The van der Waals surface area contributed by atoms with Gasteiger partial charge in [0, 0.05) is 20.1 Å². The molecule has 1 saturated heterocycles. The molecular formula is C16H17FN4O3. The largest absolute Gasteiger partial charge is 0.378 e. The fraction of sp³-hybridized carbons (Fsp3) is 0.312. The molecule has 1 aliphatic heterocycles. The molecule has 1 aromatic heterocycles. The highest BCUT2D eigenvalue weighted by Crippen LogP contribution is 2.22. The number of halogens is 1. The number of carbonyl (C=O) groups is 1. The van der Waals surface area contributed by atoms with Gasteiger partial charge in [-0.3, -0.25) is 9.59 Å². The third-order valence-corrected chi connectivity index (χ3v) is 3.81. The lowest BCUT2D eigenvalue weighted by Gasteiger charge is -2.29. The zero-order valence-corrected chi connectivity index (χ0v) is 13.2. The van der Waals surface area contributed by atoms with Gasteiger partial charge in [0.25, 0.3) is 11.5 Å². The Kier molecular flexibility index (Phi) is 4.57. The molecule has 7 nitrogen and oxygen atoms in total. The van der Waals surface area contributed by atoms with Crippen LogP contribution in [0.4, 0.5) is 15.8 Å². The van der Waals surface area contributed by atoms with Gasteiger partial charge >= 0.3 is 0 Å². The third-order valence-electron chi connectivity index (χ3n) is 3.81. The highest BCUT2D eigenvalue weighted by molar-refractivity contribution is 6.05. The van der Waals surface area contributed by atoms with E-state index in [-0.39, 0.29) is 16.8 Å². The van der Waals surface area contributed by atoms with Crippen LogP contribution in [0.25, 0.3) is 0 Å². The molecule has 0 atom stereocenters. The summed E-state index contributed by atoms with van der Waals surface area (Å²) in [5.41, 5.74) is 0.170. The molecule has 1 fully saturated rings. The number of hydrogen-bond donors (Lipinski definition) is 1. The van der Waals surface area contributed by atoms with Crippen LogP contribution in [-0.4, -0.2) is 42.0 Å². The molecule has 0 aliphatic carbocycles. The van der Waals surface area contributed by atoms with E-state index >= 15 is 0 Å². The zero-order chi connectivity index (χ0) is 17.1. The molecule has 3 rings (SSSR count). The first-order valence-electron chi connectivity index (χ1n) is 7.53. The number of amides is 1. The molecule has 0 bridgehead atoms. The first-order chi connectivity index (χ1) is 11.6. The van der Waals surface area contributed by atoms with Crippen molar-refractivity contribution in [3.05, 3.63) is 52.2 Å². The van der Waals surface area contributed by atoms with Crippen LogP contribution in [0.15, 0.2) is 35.3 Å². The number of ether oxygens (including phenoxy) is 1. The van der Waals surface area contributed by atoms with Gasteiger partial charge in [-0.15, -0.1) is 0 Å². The summed E-state index contributed by atoms with van der Waals surface area (Å²) in [5, 5.41) is 6.54. The quantitative estimate of drug-likeness (QED) is 0.908. The lowest BCUT2D eigenvalue weighted by molar-refractivity contribution is 0.102. The summed E-state index contributed by atoms with van der Waals surface area (Å²) in [6.07, 6.45) is 1.39. The van der Waals surface area contributed by atoms with Crippen LogP contribution < -0.4 is 15.8 Å². The molecule has 0 radical (unpaired) electrons. The van der Waals surface area contributed by atoms with Gasteiger partial charge in [0.2, 0.25) is 0 Å². The predicted molar refractivity (Wildman–Crippen MR) is 86.9 cm³/mol. The molecule has 8 heteroatoms. The SMILES string of the molecule is Cn1ncc(NC(=O)c2ccccc2F)c(N2CCOCC2)c1=O. The highest BCUT2D eigenvalue weighted by atomic mass is 19.1. The van der Waals surface area contributed by atoms with Gasteiger partial charge in [0.15, 0.2) is 0 Å². The number of carbonyl (C=O) groups excluding carboxylic acids is 1. The number of anilines is 2. The van der Waals surface area contributed by atoms with E-state index in [0.717, 1.165) is 0 Å². The number of benzene rings is 1. The van der Waals surface area contributed by atoms with Crippen LogP contribution in [0.5, 0.6) is 0 Å².